The van der Waals surface area contributed by atoms with Gasteiger partial charge in [-0.05, 0) is 61.2 Å². The second-order valence-corrected chi connectivity index (χ2v) is 11.1. The second kappa shape index (κ2) is 13.5. The molecule has 11 heteroatoms. The number of nitrogens with one attached hydrogen (secondary N) is 1. The number of benzene rings is 2. The van der Waals surface area contributed by atoms with Crippen LogP contribution in [0.15, 0.2) is 65.7 Å². The summed E-state index contributed by atoms with van der Waals surface area (Å²) in [4.78, 5) is 17.3. The van der Waals surface area contributed by atoms with Gasteiger partial charge in [0.2, 0.25) is 15.9 Å². The number of rotatable bonds is 12. The van der Waals surface area contributed by atoms with Crippen molar-refractivity contribution in [2.75, 3.05) is 34.5 Å². The molecule has 1 saturated heterocycles. The van der Waals surface area contributed by atoms with E-state index in [1.54, 1.807) is 30.5 Å². The van der Waals surface area contributed by atoms with Gasteiger partial charge in [0.05, 0.1) is 27.9 Å². The van der Waals surface area contributed by atoms with Gasteiger partial charge in [-0.3, -0.25) is 9.78 Å². The topological polar surface area (TPSA) is 116 Å². The van der Waals surface area contributed by atoms with E-state index in [1.165, 1.54) is 37.8 Å². The van der Waals surface area contributed by atoms with Gasteiger partial charge in [0.25, 0.3) is 0 Å². The van der Waals surface area contributed by atoms with Crippen molar-refractivity contribution in [3.8, 4) is 23.0 Å². The summed E-state index contributed by atoms with van der Waals surface area (Å²) in [7, 11) is 0.181. The van der Waals surface area contributed by atoms with Crippen molar-refractivity contribution in [1.82, 2.24) is 14.6 Å². The average Bonchev–Trinajstić information content (AvgIpc) is 3.20. The standard InChI is InChI=1S/C29H35N3O7S/c1-36-23-11-13-26(37-2)28(19-23)40(34,35)32(24-9-5-7-16-31-29(24)33)20-21-10-12-25(27(18-21)38-3)39-17-14-22-8-4-6-15-30-22/h4,6,8,10-13,15,18-19,24H,5,7,9,14,16-17,20H2,1-3H3,(H,31,33)/t24-/m0/s1. The van der Waals surface area contributed by atoms with E-state index in [0.717, 1.165) is 12.1 Å². The third-order valence-electron chi connectivity index (χ3n) is 6.72. The van der Waals surface area contributed by atoms with Gasteiger partial charge >= 0.3 is 0 Å². The molecule has 1 aliphatic heterocycles. The van der Waals surface area contributed by atoms with Gasteiger partial charge in [0.15, 0.2) is 11.5 Å². The third-order valence-corrected chi connectivity index (χ3v) is 8.60. The van der Waals surface area contributed by atoms with Gasteiger partial charge in [-0.1, -0.05) is 12.1 Å². The normalized spacial score (nSPS) is 15.7. The molecule has 1 fully saturated rings. The lowest BCUT2D eigenvalue weighted by molar-refractivity contribution is -0.124. The summed E-state index contributed by atoms with van der Waals surface area (Å²) in [5.74, 6) is 1.18. The van der Waals surface area contributed by atoms with Crippen LogP contribution in [0.4, 0.5) is 0 Å². The highest BCUT2D eigenvalue weighted by Crippen LogP contribution is 2.35. The fourth-order valence-electron chi connectivity index (χ4n) is 4.59. The Hall–Kier alpha value is -3.83. The van der Waals surface area contributed by atoms with Crippen LogP contribution in [-0.2, 0) is 27.8 Å². The Morgan fingerprint density at radius 3 is 2.48 bits per heavy atom. The maximum absolute atomic E-state index is 14.2. The molecule has 214 valence electrons. The Labute approximate surface area is 235 Å². The average molecular weight is 570 g/mol. The molecule has 1 atom stereocenters. The first-order chi connectivity index (χ1) is 19.4. The summed E-state index contributed by atoms with van der Waals surface area (Å²) in [5.41, 5.74) is 1.55. The molecule has 0 aliphatic carbocycles. The molecule has 1 aliphatic rings. The Bertz CT molecular complexity index is 1400. The third kappa shape index (κ3) is 6.83. The first kappa shape index (κ1) is 29.2. The van der Waals surface area contributed by atoms with E-state index in [-0.39, 0.29) is 23.1 Å². The number of carbonyl (C=O) groups excluding carboxylic acids is 1. The molecule has 40 heavy (non-hydrogen) atoms. The summed E-state index contributed by atoms with van der Waals surface area (Å²) >= 11 is 0. The number of methoxy groups -OCH3 is 3. The maximum atomic E-state index is 14.2. The number of hydrogen-bond donors (Lipinski definition) is 1. The van der Waals surface area contributed by atoms with Crippen LogP contribution in [-0.4, -0.2) is 64.1 Å². The maximum Gasteiger partial charge on any atom is 0.247 e. The Balaban J connectivity index is 1.65. The van der Waals surface area contributed by atoms with Crippen molar-refractivity contribution in [2.24, 2.45) is 0 Å². The molecule has 0 bridgehead atoms. The van der Waals surface area contributed by atoms with Crippen LogP contribution in [0.3, 0.4) is 0 Å². The van der Waals surface area contributed by atoms with E-state index >= 15 is 0 Å². The number of carbonyl (C=O) groups is 1. The molecule has 3 aromatic rings. The number of hydrogen-bond acceptors (Lipinski definition) is 8. The van der Waals surface area contributed by atoms with Crippen molar-refractivity contribution < 1.29 is 32.2 Å². The van der Waals surface area contributed by atoms with Crippen molar-refractivity contribution in [1.29, 1.82) is 0 Å². The van der Waals surface area contributed by atoms with Crippen molar-refractivity contribution in [3.63, 3.8) is 0 Å². The number of sulfonamides is 1. The largest absolute Gasteiger partial charge is 0.497 e. The lowest BCUT2D eigenvalue weighted by Crippen LogP contribution is -2.48. The summed E-state index contributed by atoms with van der Waals surface area (Å²) in [6, 6.07) is 14.6. The monoisotopic (exact) mass is 569 g/mol. The fraction of sp³-hybridized carbons (Fsp3) is 0.379. The Morgan fingerprint density at radius 2 is 1.75 bits per heavy atom. The zero-order chi connectivity index (χ0) is 28.5. The van der Waals surface area contributed by atoms with Crippen LogP contribution in [0.5, 0.6) is 23.0 Å². The predicted octanol–water partition coefficient (Wildman–Crippen LogP) is 3.59. The Morgan fingerprint density at radius 1 is 0.950 bits per heavy atom. The van der Waals surface area contributed by atoms with Crippen LogP contribution in [0.25, 0.3) is 0 Å². The minimum Gasteiger partial charge on any atom is -0.497 e. The molecule has 2 aromatic carbocycles. The van der Waals surface area contributed by atoms with Crippen molar-refractivity contribution in [3.05, 3.63) is 72.1 Å². The van der Waals surface area contributed by atoms with Gasteiger partial charge in [-0.15, -0.1) is 0 Å². The first-order valence-corrected chi connectivity index (χ1v) is 14.5. The second-order valence-electron chi connectivity index (χ2n) is 9.27. The highest BCUT2D eigenvalue weighted by Gasteiger charge is 2.38. The molecule has 0 saturated carbocycles. The molecule has 2 heterocycles. The molecule has 0 spiro atoms. The van der Waals surface area contributed by atoms with E-state index < -0.39 is 16.1 Å². The van der Waals surface area contributed by atoms with E-state index in [4.69, 9.17) is 18.9 Å². The Kier molecular flexibility index (Phi) is 9.84. The number of aromatic nitrogens is 1. The van der Waals surface area contributed by atoms with E-state index in [0.29, 0.717) is 55.2 Å². The van der Waals surface area contributed by atoms with Gasteiger partial charge in [0.1, 0.15) is 22.4 Å². The molecule has 10 nitrogen and oxygen atoms in total. The zero-order valence-electron chi connectivity index (χ0n) is 23.0. The number of amides is 1. The van der Waals surface area contributed by atoms with E-state index in [1.807, 2.05) is 18.2 Å². The van der Waals surface area contributed by atoms with Crippen LogP contribution in [0, 0.1) is 0 Å². The van der Waals surface area contributed by atoms with Crippen LogP contribution in [0.1, 0.15) is 30.5 Å². The smallest absolute Gasteiger partial charge is 0.247 e. The van der Waals surface area contributed by atoms with E-state index in [2.05, 4.69) is 10.3 Å². The number of nitrogens with zero attached hydrogens (tertiary/aromatic N) is 2. The van der Waals surface area contributed by atoms with Crippen molar-refractivity contribution in [2.45, 2.75) is 43.2 Å². The molecule has 0 radical (unpaired) electrons. The number of pyridine rings is 1. The molecule has 0 unspecified atom stereocenters. The minimum atomic E-state index is -4.21. The summed E-state index contributed by atoms with van der Waals surface area (Å²) < 4.78 is 51.8. The number of ether oxygens (including phenoxy) is 4. The van der Waals surface area contributed by atoms with Gasteiger partial charge in [-0.25, -0.2) is 8.42 Å². The quantitative estimate of drug-likeness (QED) is 0.352. The zero-order valence-corrected chi connectivity index (χ0v) is 23.8. The highest BCUT2D eigenvalue weighted by atomic mass is 32.2. The molecular weight excluding hydrogens is 534 g/mol. The molecular formula is C29H35N3O7S. The lowest BCUT2D eigenvalue weighted by Gasteiger charge is -2.30. The predicted molar refractivity (Wildman–Crippen MR) is 149 cm³/mol. The lowest BCUT2D eigenvalue weighted by atomic mass is 10.1. The summed E-state index contributed by atoms with van der Waals surface area (Å²) in [5, 5.41) is 2.85. The van der Waals surface area contributed by atoms with E-state index in [9.17, 15) is 13.2 Å². The molecule has 4 rings (SSSR count). The highest BCUT2D eigenvalue weighted by molar-refractivity contribution is 7.89. The van der Waals surface area contributed by atoms with Gasteiger partial charge in [0, 0.05) is 37.5 Å². The minimum absolute atomic E-state index is 0.0641. The SMILES string of the molecule is COc1ccc(OC)c(S(=O)(=O)N(Cc2ccc(OCCc3ccccn3)c(OC)c2)[C@H]2CCCCNC2=O)c1. The van der Waals surface area contributed by atoms with Crippen LogP contribution >= 0.6 is 0 Å². The van der Waals surface area contributed by atoms with Crippen LogP contribution in [0.2, 0.25) is 0 Å². The van der Waals surface area contributed by atoms with Gasteiger partial charge in [-0.2, -0.15) is 4.31 Å². The summed E-state index contributed by atoms with van der Waals surface area (Å²) in [6.45, 7) is 0.834. The van der Waals surface area contributed by atoms with Crippen molar-refractivity contribution >= 4 is 15.9 Å². The molecule has 1 N–H and O–H groups in total. The molecule has 1 aromatic heterocycles. The fourth-order valence-corrected chi connectivity index (χ4v) is 6.37. The van der Waals surface area contributed by atoms with Crippen LogP contribution < -0.4 is 24.3 Å². The van der Waals surface area contributed by atoms with Gasteiger partial charge < -0.3 is 24.3 Å². The summed E-state index contributed by atoms with van der Waals surface area (Å²) in [6.07, 6.45) is 4.23. The first-order valence-electron chi connectivity index (χ1n) is 13.1. The molecule has 1 amide bonds.